The SMILES string of the molecule is COc1cc(C2=C(OC3OC(CO)C(O)C3O)C=C3C(O)=CC(O)=CC3[OH+]2)ccc1O. The molecule has 2 heterocycles. The summed E-state index contributed by atoms with van der Waals surface area (Å²) in [4.78, 5) is 0. The zero-order valence-corrected chi connectivity index (χ0v) is 16.4. The molecule has 10 heteroatoms. The lowest BCUT2D eigenvalue weighted by molar-refractivity contribution is -0.147. The standard InChI is InChI=1S/C21H22O10/c1-28-15-4-9(2-3-12(15)24)20-16(30-21-19(27)18(26)17(8-22)31-21)7-11-13(25)5-10(23)6-14(11)29-20/h2-7,14,17-19,21-27H,8H2,1H3/p+1. The number of hydrogen-bond acceptors (Lipinski definition) is 9. The maximum atomic E-state index is 10.3. The number of phenols is 1. The van der Waals surface area contributed by atoms with Gasteiger partial charge in [0.1, 0.15) is 29.8 Å². The highest BCUT2D eigenvalue weighted by molar-refractivity contribution is 5.69. The first-order valence-electron chi connectivity index (χ1n) is 9.47. The Morgan fingerprint density at radius 1 is 1.10 bits per heavy atom. The zero-order chi connectivity index (χ0) is 22.3. The monoisotopic (exact) mass is 435 g/mol. The average molecular weight is 435 g/mol. The third-order valence-corrected chi connectivity index (χ3v) is 5.21. The molecule has 3 aliphatic rings. The normalized spacial score (nSPS) is 30.1. The van der Waals surface area contributed by atoms with Crippen LogP contribution in [-0.2, 0) is 9.47 Å². The molecule has 0 saturated carbocycles. The number of aromatic hydroxyl groups is 1. The second kappa shape index (κ2) is 8.16. The van der Waals surface area contributed by atoms with E-state index in [-0.39, 0.29) is 34.5 Å². The Morgan fingerprint density at radius 3 is 2.55 bits per heavy atom. The Bertz CT molecular complexity index is 992. The van der Waals surface area contributed by atoms with Crippen molar-refractivity contribution in [2.75, 3.05) is 13.7 Å². The minimum atomic E-state index is -1.43. The Labute approximate surface area is 176 Å². The second-order valence-corrected chi connectivity index (χ2v) is 7.22. The molecule has 2 aliphatic heterocycles. The molecule has 0 amide bonds. The molecule has 1 aliphatic carbocycles. The van der Waals surface area contributed by atoms with Crippen molar-refractivity contribution in [2.45, 2.75) is 30.7 Å². The molecule has 4 rings (SSSR count). The van der Waals surface area contributed by atoms with Crippen molar-refractivity contribution in [1.82, 2.24) is 0 Å². The zero-order valence-electron chi connectivity index (χ0n) is 16.4. The van der Waals surface area contributed by atoms with E-state index < -0.39 is 37.3 Å². The summed E-state index contributed by atoms with van der Waals surface area (Å²) >= 11 is 0. The molecular formula is C21H23O10+. The molecule has 1 saturated heterocycles. The van der Waals surface area contributed by atoms with Gasteiger partial charge >= 0.3 is 5.76 Å². The number of fused-ring (bicyclic) bond motifs is 1. The van der Waals surface area contributed by atoms with Crippen molar-refractivity contribution >= 4 is 5.76 Å². The largest absolute Gasteiger partial charge is 0.571 e. The van der Waals surface area contributed by atoms with Gasteiger partial charge in [0, 0.05) is 18.2 Å². The van der Waals surface area contributed by atoms with Crippen molar-refractivity contribution in [1.29, 1.82) is 0 Å². The lowest BCUT2D eigenvalue weighted by Gasteiger charge is -2.28. The number of methoxy groups -OCH3 is 1. The van der Waals surface area contributed by atoms with E-state index in [1.54, 1.807) is 6.07 Å². The minimum Gasteiger partial charge on any atom is -0.571 e. The fourth-order valence-electron chi connectivity index (χ4n) is 3.57. The van der Waals surface area contributed by atoms with Gasteiger partial charge in [0.15, 0.2) is 11.5 Å². The number of allylic oxidation sites excluding steroid dienone is 2. The average Bonchev–Trinajstić information content (AvgIpc) is 3.02. The molecule has 1 aromatic rings. The molecule has 1 fully saturated rings. The third kappa shape index (κ3) is 3.81. The maximum Gasteiger partial charge on any atom is 0.305 e. The van der Waals surface area contributed by atoms with Gasteiger partial charge in [-0.05, 0) is 12.1 Å². The first-order chi connectivity index (χ1) is 14.8. The van der Waals surface area contributed by atoms with E-state index in [1.807, 2.05) is 0 Å². The number of phenolic OH excluding ortho intramolecular Hbond substituents is 1. The number of benzene rings is 1. The van der Waals surface area contributed by atoms with E-state index in [2.05, 4.69) is 4.74 Å². The van der Waals surface area contributed by atoms with Crippen molar-refractivity contribution in [3.63, 3.8) is 0 Å². The van der Waals surface area contributed by atoms with Crippen molar-refractivity contribution < 1.29 is 49.6 Å². The van der Waals surface area contributed by atoms with Crippen LogP contribution in [0, 0.1) is 0 Å². The lowest BCUT2D eigenvalue weighted by Crippen LogP contribution is -2.35. The molecule has 0 bridgehead atoms. The Balaban J connectivity index is 1.77. The van der Waals surface area contributed by atoms with Crippen LogP contribution in [-0.4, -0.2) is 79.8 Å². The number of aliphatic hydroxyl groups excluding tert-OH is 5. The molecule has 1 aromatic carbocycles. The van der Waals surface area contributed by atoms with Gasteiger partial charge in [-0.3, -0.25) is 0 Å². The molecule has 0 radical (unpaired) electrons. The third-order valence-electron chi connectivity index (χ3n) is 5.21. The van der Waals surface area contributed by atoms with Crippen molar-refractivity contribution in [3.8, 4) is 11.5 Å². The molecule has 10 nitrogen and oxygen atoms in total. The fourth-order valence-corrected chi connectivity index (χ4v) is 3.57. The van der Waals surface area contributed by atoms with Crippen LogP contribution in [0.3, 0.4) is 0 Å². The summed E-state index contributed by atoms with van der Waals surface area (Å²) in [6.45, 7) is -0.514. The van der Waals surface area contributed by atoms with Crippen LogP contribution in [0.1, 0.15) is 5.56 Å². The quantitative estimate of drug-likeness (QED) is 0.356. The number of rotatable bonds is 5. The number of ether oxygens (including phenoxy) is 4. The summed E-state index contributed by atoms with van der Waals surface area (Å²) in [6, 6.07) is 4.50. The maximum absolute atomic E-state index is 10.3. The summed E-state index contributed by atoms with van der Waals surface area (Å²) in [5.74, 6) is 0.108. The van der Waals surface area contributed by atoms with Gasteiger partial charge in [-0.2, -0.15) is 0 Å². The van der Waals surface area contributed by atoms with Gasteiger partial charge in [-0.1, -0.05) is 0 Å². The van der Waals surface area contributed by atoms with E-state index >= 15 is 0 Å². The highest BCUT2D eigenvalue weighted by Crippen LogP contribution is 2.38. The Morgan fingerprint density at radius 2 is 1.87 bits per heavy atom. The van der Waals surface area contributed by atoms with Gasteiger partial charge in [0.05, 0.1) is 30.9 Å². The highest BCUT2D eigenvalue weighted by atomic mass is 16.7. The fraction of sp³-hybridized carbons (Fsp3) is 0.333. The van der Waals surface area contributed by atoms with Gasteiger partial charge in [-0.25, -0.2) is 0 Å². The number of aliphatic hydroxyl groups is 7. The van der Waals surface area contributed by atoms with Gasteiger partial charge in [-0.15, -0.1) is 0 Å². The smallest absolute Gasteiger partial charge is 0.305 e. The van der Waals surface area contributed by atoms with Crippen LogP contribution >= 0.6 is 0 Å². The first kappa shape index (κ1) is 21.1. The van der Waals surface area contributed by atoms with E-state index in [9.17, 15) is 30.6 Å². The molecule has 0 spiro atoms. The summed E-state index contributed by atoms with van der Waals surface area (Å²) < 4.78 is 20.9. The summed E-state index contributed by atoms with van der Waals surface area (Å²) in [6.07, 6.45) is -1.75. The second-order valence-electron chi connectivity index (χ2n) is 7.22. The predicted molar refractivity (Wildman–Crippen MR) is 106 cm³/mol. The Kier molecular flexibility index (Phi) is 5.54. The van der Waals surface area contributed by atoms with Crippen LogP contribution in [0.5, 0.6) is 11.5 Å². The predicted octanol–water partition coefficient (Wildman–Crippen LogP) is 0.259. The summed E-state index contributed by atoms with van der Waals surface area (Å²) in [5, 5.41) is 59.5. The van der Waals surface area contributed by atoms with E-state index in [4.69, 9.17) is 14.2 Å². The van der Waals surface area contributed by atoms with Crippen LogP contribution in [0.4, 0.5) is 0 Å². The van der Waals surface area contributed by atoms with Crippen LogP contribution in [0.2, 0.25) is 0 Å². The van der Waals surface area contributed by atoms with Crippen LogP contribution in [0.25, 0.3) is 5.76 Å². The highest BCUT2D eigenvalue weighted by Gasteiger charge is 2.45. The van der Waals surface area contributed by atoms with Gasteiger partial charge in [0.2, 0.25) is 18.2 Å². The molecular weight excluding hydrogens is 412 g/mol. The number of hydrogen-bond donors (Lipinski definition) is 6. The van der Waals surface area contributed by atoms with Crippen LogP contribution in [0.15, 0.2) is 59.3 Å². The van der Waals surface area contributed by atoms with Crippen molar-refractivity contribution in [3.05, 3.63) is 64.8 Å². The molecule has 0 aromatic heterocycles. The minimum absolute atomic E-state index is 0.0828. The summed E-state index contributed by atoms with van der Waals surface area (Å²) in [7, 11) is 1.39. The first-order valence-corrected chi connectivity index (χ1v) is 9.47. The topological polar surface area (TPSA) is 162 Å². The molecule has 166 valence electrons. The molecule has 5 atom stereocenters. The molecule has 31 heavy (non-hydrogen) atoms. The van der Waals surface area contributed by atoms with E-state index in [0.717, 1.165) is 6.08 Å². The van der Waals surface area contributed by atoms with E-state index in [1.165, 1.54) is 31.4 Å². The lowest BCUT2D eigenvalue weighted by atomic mass is 9.97. The molecule has 7 N–H and O–H groups in total. The van der Waals surface area contributed by atoms with Crippen molar-refractivity contribution in [2.24, 2.45) is 0 Å². The van der Waals surface area contributed by atoms with Gasteiger partial charge < -0.3 is 49.6 Å². The van der Waals surface area contributed by atoms with E-state index in [0.29, 0.717) is 11.1 Å². The molecule has 5 unspecified atom stereocenters. The van der Waals surface area contributed by atoms with Crippen LogP contribution < -0.4 is 4.74 Å². The summed E-state index contributed by atoms with van der Waals surface area (Å²) in [5.41, 5.74) is 0.822. The Hall–Kier alpha value is -3.18. The van der Waals surface area contributed by atoms with Gasteiger partial charge in [0.25, 0.3) is 0 Å².